The van der Waals surface area contributed by atoms with E-state index in [1.165, 1.54) is 0 Å². The minimum atomic E-state index is -0.141. The van der Waals surface area contributed by atoms with Gasteiger partial charge in [-0.2, -0.15) is 4.98 Å². The van der Waals surface area contributed by atoms with Gasteiger partial charge in [-0.05, 0) is 31.9 Å². The lowest BCUT2D eigenvalue weighted by molar-refractivity contribution is -0.137. The number of rotatable bonds is 4. The molecule has 6 heteroatoms. The first-order valence-corrected chi connectivity index (χ1v) is 8.08. The topological polar surface area (TPSA) is 69.8 Å². The van der Waals surface area contributed by atoms with Crippen molar-refractivity contribution in [2.75, 3.05) is 31.6 Å². The summed E-state index contributed by atoms with van der Waals surface area (Å²) < 4.78 is 5.79. The Morgan fingerprint density at radius 3 is 2.78 bits per heavy atom. The zero-order chi connectivity index (χ0) is 16.4. The van der Waals surface area contributed by atoms with Gasteiger partial charge in [0, 0.05) is 26.1 Å². The van der Waals surface area contributed by atoms with E-state index in [2.05, 4.69) is 9.88 Å². The minimum Gasteiger partial charge on any atom is -0.423 e. The van der Waals surface area contributed by atoms with E-state index in [0.29, 0.717) is 6.01 Å². The first kappa shape index (κ1) is 15.8. The number of carbonyl (C=O) groups excluding carboxylic acids is 1. The fourth-order valence-electron chi connectivity index (χ4n) is 2.94. The molecule has 1 aliphatic heterocycles. The number of aromatic nitrogens is 1. The van der Waals surface area contributed by atoms with Crippen LogP contribution in [0.15, 0.2) is 28.7 Å². The maximum atomic E-state index is 12.4. The van der Waals surface area contributed by atoms with Crippen LogP contribution in [0, 0.1) is 5.92 Å². The van der Waals surface area contributed by atoms with E-state index in [0.717, 1.165) is 37.0 Å². The molecule has 0 spiro atoms. The van der Waals surface area contributed by atoms with Crippen LogP contribution in [0.3, 0.4) is 0 Å². The molecule has 1 unspecified atom stereocenters. The highest BCUT2D eigenvalue weighted by Gasteiger charge is 2.30. The fraction of sp³-hybridized carbons (Fsp3) is 0.529. The number of nitrogens with zero attached hydrogens (tertiary/aromatic N) is 3. The van der Waals surface area contributed by atoms with Crippen molar-refractivity contribution in [1.82, 2.24) is 9.88 Å². The van der Waals surface area contributed by atoms with Gasteiger partial charge < -0.3 is 19.3 Å². The number of anilines is 1. The highest BCUT2D eigenvalue weighted by Crippen LogP contribution is 2.27. The Bertz CT molecular complexity index is 644. The van der Waals surface area contributed by atoms with Crippen molar-refractivity contribution in [3.63, 3.8) is 0 Å². The van der Waals surface area contributed by atoms with Crippen molar-refractivity contribution in [3.05, 3.63) is 24.3 Å². The fourth-order valence-corrected chi connectivity index (χ4v) is 2.94. The molecule has 1 aromatic heterocycles. The summed E-state index contributed by atoms with van der Waals surface area (Å²) >= 11 is 0. The van der Waals surface area contributed by atoms with E-state index < -0.39 is 0 Å². The summed E-state index contributed by atoms with van der Waals surface area (Å²) in [5.41, 5.74) is 1.65. The molecule has 1 atom stereocenters. The summed E-state index contributed by atoms with van der Waals surface area (Å²) in [7, 11) is 1.76. The SMILES string of the molecule is CC(CO)N(C)C(=O)C1CCN(c2nc3ccccc3o2)CC1. The van der Waals surface area contributed by atoms with Crippen LogP contribution in [-0.2, 0) is 4.79 Å². The van der Waals surface area contributed by atoms with Crippen LogP contribution in [-0.4, -0.2) is 53.7 Å². The Hall–Kier alpha value is -2.08. The summed E-state index contributed by atoms with van der Waals surface area (Å²) in [4.78, 5) is 20.7. The van der Waals surface area contributed by atoms with Gasteiger partial charge >= 0.3 is 0 Å². The molecule has 124 valence electrons. The van der Waals surface area contributed by atoms with Crippen molar-refractivity contribution in [2.24, 2.45) is 5.92 Å². The number of likely N-dealkylation sites (N-methyl/N-ethyl adjacent to an activating group) is 1. The first-order chi connectivity index (χ1) is 11.1. The second-order valence-electron chi connectivity index (χ2n) is 6.21. The molecule has 1 N–H and O–H groups in total. The molecule has 2 heterocycles. The summed E-state index contributed by atoms with van der Waals surface area (Å²) in [6.45, 7) is 3.35. The number of carbonyl (C=O) groups is 1. The molecule has 1 saturated heterocycles. The Morgan fingerprint density at radius 2 is 2.13 bits per heavy atom. The van der Waals surface area contributed by atoms with Crippen molar-refractivity contribution < 1.29 is 14.3 Å². The van der Waals surface area contributed by atoms with Gasteiger partial charge in [0.1, 0.15) is 5.52 Å². The molecule has 0 bridgehead atoms. The Morgan fingerprint density at radius 1 is 1.43 bits per heavy atom. The molecule has 0 saturated carbocycles. The second kappa shape index (κ2) is 6.58. The number of fused-ring (bicyclic) bond motifs is 1. The third-order valence-corrected chi connectivity index (χ3v) is 4.67. The molecule has 1 amide bonds. The van der Waals surface area contributed by atoms with Gasteiger partial charge in [0.05, 0.1) is 12.6 Å². The Kier molecular flexibility index (Phi) is 4.52. The van der Waals surface area contributed by atoms with E-state index in [1.807, 2.05) is 31.2 Å². The molecule has 23 heavy (non-hydrogen) atoms. The maximum absolute atomic E-state index is 12.4. The summed E-state index contributed by atoms with van der Waals surface area (Å²) in [5, 5.41) is 9.19. The average molecular weight is 317 g/mol. The van der Waals surface area contributed by atoms with Crippen LogP contribution in [0.4, 0.5) is 6.01 Å². The van der Waals surface area contributed by atoms with E-state index in [-0.39, 0.29) is 24.5 Å². The summed E-state index contributed by atoms with van der Waals surface area (Å²) in [6.07, 6.45) is 1.56. The average Bonchev–Trinajstić information content (AvgIpc) is 3.04. The maximum Gasteiger partial charge on any atom is 0.298 e. The number of piperidine rings is 1. The van der Waals surface area contributed by atoms with Crippen molar-refractivity contribution in [2.45, 2.75) is 25.8 Å². The van der Waals surface area contributed by atoms with E-state index in [4.69, 9.17) is 4.42 Å². The molecular weight excluding hydrogens is 294 g/mol. The lowest BCUT2D eigenvalue weighted by Crippen LogP contribution is -2.45. The van der Waals surface area contributed by atoms with Crippen molar-refractivity contribution in [1.29, 1.82) is 0 Å². The molecule has 1 aliphatic rings. The lowest BCUT2D eigenvalue weighted by Gasteiger charge is -2.33. The highest BCUT2D eigenvalue weighted by molar-refractivity contribution is 5.79. The molecule has 6 nitrogen and oxygen atoms in total. The number of benzene rings is 1. The standard InChI is InChI=1S/C17H23N3O3/c1-12(11-21)19(2)16(22)13-7-9-20(10-8-13)17-18-14-5-3-4-6-15(14)23-17/h3-6,12-13,21H,7-11H2,1-2H3. The van der Waals surface area contributed by atoms with Crippen LogP contribution in [0.1, 0.15) is 19.8 Å². The first-order valence-electron chi connectivity index (χ1n) is 8.08. The predicted molar refractivity (Wildman–Crippen MR) is 88.3 cm³/mol. The van der Waals surface area contributed by atoms with E-state index in [9.17, 15) is 9.90 Å². The largest absolute Gasteiger partial charge is 0.423 e. The molecule has 2 aromatic rings. The number of hydrogen-bond acceptors (Lipinski definition) is 5. The van der Waals surface area contributed by atoms with Crippen LogP contribution >= 0.6 is 0 Å². The predicted octanol–water partition coefficient (Wildman–Crippen LogP) is 1.88. The number of aliphatic hydroxyl groups is 1. The molecule has 0 aliphatic carbocycles. The quantitative estimate of drug-likeness (QED) is 0.932. The van der Waals surface area contributed by atoms with Crippen molar-refractivity contribution in [3.8, 4) is 0 Å². The zero-order valence-electron chi connectivity index (χ0n) is 13.6. The van der Waals surface area contributed by atoms with Crippen molar-refractivity contribution >= 4 is 23.0 Å². The number of oxazole rings is 1. The number of hydrogen-bond donors (Lipinski definition) is 1. The van der Waals surface area contributed by atoms with E-state index in [1.54, 1.807) is 11.9 Å². The van der Waals surface area contributed by atoms with Gasteiger partial charge in [-0.3, -0.25) is 4.79 Å². The minimum absolute atomic E-state index is 0.00892. The molecule has 0 radical (unpaired) electrons. The second-order valence-corrected chi connectivity index (χ2v) is 6.21. The Balaban J connectivity index is 1.63. The number of amides is 1. The smallest absolute Gasteiger partial charge is 0.298 e. The summed E-state index contributed by atoms with van der Waals surface area (Å²) in [6, 6.07) is 8.21. The third kappa shape index (κ3) is 3.17. The van der Waals surface area contributed by atoms with E-state index >= 15 is 0 Å². The lowest BCUT2D eigenvalue weighted by atomic mass is 9.95. The monoisotopic (exact) mass is 317 g/mol. The van der Waals surface area contributed by atoms with Crippen LogP contribution in [0.25, 0.3) is 11.1 Å². The number of aliphatic hydroxyl groups excluding tert-OH is 1. The Labute approximate surface area is 135 Å². The number of para-hydroxylation sites is 2. The van der Waals surface area contributed by atoms with Gasteiger partial charge in [-0.15, -0.1) is 0 Å². The zero-order valence-corrected chi connectivity index (χ0v) is 13.6. The van der Waals surface area contributed by atoms with Crippen LogP contribution in [0.5, 0.6) is 0 Å². The highest BCUT2D eigenvalue weighted by atomic mass is 16.4. The van der Waals surface area contributed by atoms with Gasteiger partial charge in [-0.1, -0.05) is 12.1 Å². The third-order valence-electron chi connectivity index (χ3n) is 4.67. The van der Waals surface area contributed by atoms with Crippen LogP contribution in [0.2, 0.25) is 0 Å². The molecule has 1 aromatic carbocycles. The van der Waals surface area contributed by atoms with Gasteiger partial charge in [0.2, 0.25) is 5.91 Å². The summed E-state index contributed by atoms with van der Waals surface area (Å²) in [5.74, 6) is 0.124. The molecule has 1 fully saturated rings. The molecular formula is C17H23N3O3. The van der Waals surface area contributed by atoms with Gasteiger partial charge in [0.25, 0.3) is 6.01 Å². The normalized spacial score (nSPS) is 17.4. The van der Waals surface area contributed by atoms with Crippen LogP contribution < -0.4 is 4.90 Å². The molecule has 3 rings (SSSR count). The van der Waals surface area contributed by atoms with Gasteiger partial charge in [-0.25, -0.2) is 0 Å². The van der Waals surface area contributed by atoms with Gasteiger partial charge in [0.15, 0.2) is 5.58 Å².